The topological polar surface area (TPSA) is 54.3 Å². The third-order valence-corrected chi connectivity index (χ3v) is 6.63. The second-order valence-electron chi connectivity index (χ2n) is 9.85. The van der Waals surface area contributed by atoms with E-state index in [9.17, 15) is 9.59 Å². The van der Waals surface area contributed by atoms with Gasteiger partial charge in [0.05, 0.1) is 17.8 Å². The number of nitrogens with zero attached hydrogens (tertiary/aromatic N) is 2. The summed E-state index contributed by atoms with van der Waals surface area (Å²) in [5.41, 5.74) is 5.01. The van der Waals surface area contributed by atoms with Gasteiger partial charge >= 0.3 is 0 Å². The van der Waals surface area contributed by atoms with Crippen molar-refractivity contribution < 1.29 is 9.59 Å². The van der Waals surface area contributed by atoms with Crippen LogP contribution in [-0.2, 0) is 23.1 Å². The highest BCUT2D eigenvalue weighted by molar-refractivity contribution is 6.06. The highest BCUT2D eigenvalue weighted by Gasteiger charge is 2.43. The Balaban J connectivity index is 1.72. The number of anilines is 2. The van der Waals surface area contributed by atoms with Gasteiger partial charge in [0.2, 0.25) is 5.91 Å². The minimum atomic E-state index is -0.490. The summed E-state index contributed by atoms with van der Waals surface area (Å²) >= 11 is 0. The second-order valence-corrected chi connectivity index (χ2v) is 9.85. The molecule has 5 rings (SSSR count). The number of carbonyl (C=O) groups excluding carboxylic acids is 2. The van der Waals surface area contributed by atoms with E-state index in [0.29, 0.717) is 12.0 Å². The first-order valence-corrected chi connectivity index (χ1v) is 11.4. The molecular weight excluding hydrogens is 410 g/mol. The number of aryl methyl sites for hydroxylation is 1. The molecule has 1 aliphatic carbocycles. The maximum absolute atomic E-state index is 14.0. The molecule has 5 nitrogen and oxygen atoms in total. The SMILES string of the molecule is Cn1cccc1[C@@H]1C2=C(CC(C)(C)CC2=O)Nc2ccccc2N1C(=O)Cc1ccccc1. The Morgan fingerprint density at radius 3 is 2.45 bits per heavy atom. The summed E-state index contributed by atoms with van der Waals surface area (Å²) in [6.45, 7) is 4.26. The fourth-order valence-electron chi connectivity index (χ4n) is 5.16. The van der Waals surface area contributed by atoms with Crippen molar-refractivity contribution in [2.45, 2.75) is 39.2 Å². The quantitative estimate of drug-likeness (QED) is 0.594. The van der Waals surface area contributed by atoms with Crippen LogP contribution in [0.25, 0.3) is 0 Å². The average Bonchev–Trinajstić information content (AvgIpc) is 3.12. The zero-order valence-corrected chi connectivity index (χ0v) is 19.3. The second kappa shape index (κ2) is 8.07. The molecule has 0 bridgehead atoms. The van der Waals surface area contributed by atoms with E-state index in [1.54, 1.807) is 0 Å². The molecule has 3 aromatic rings. The van der Waals surface area contributed by atoms with Gasteiger partial charge in [-0.3, -0.25) is 14.5 Å². The molecule has 33 heavy (non-hydrogen) atoms. The highest BCUT2D eigenvalue weighted by Crippen LogP contribution is 2.48. The van der Waals surface area contributed by atoms with Crippen molar-refractivity contribution >= 4 is 23.1 Å². The van der Waals surface area contributed by atoms with Gasteiger partial charge in [0, 0.05) is 36.6 Å². The summed E-state index contributed by atoms with van der Waals surface area (Å²) < 4.78 is 2.01. The number of benzene rings is 2. The number of ketones is 1. The lowest BCUT2D eigenvalue weighted by molar-refractivity contribution is -0.119. The Bertz CT molecular complexity index is 1250. The third kappa shape index (κ3) is 3.88. The van der Waals surface area contributed by atoms with E-state index in [0.717, 1.165) is 34.8 Å². The maximum atomic E-state index is 14.0. The molecule has 0 unspecified atom stereocenters. The summed E-state index contributed by atoms with van der Waals surface area (Å²) in [6.07, 6.45) is 3.45. The predicted octanol–water partition coefficient (Wildman–Crippen LogP) is 5.41. The fourth-order valence-corrected chi connectivity index (χ4v) is 5.16. The first-order valence-electron chi connectivity index (χ1n) is 11.4. The lowest BCUT2D eigenvalue weighted by Gasteiger charge is -2.37. The van der Waals surface area contributed by atoms with Gasteiger partial charge in [-0.2, -0.15) is 0 Å². The van der Waals surface area contributed by atoms with Gasteiger partial charge in [0.25, 0.3) is 0 Å². The van der Waals surface area contributed by atoms with Crippen molar-refractivity contribution in [2.75, 3.05) is 10.2 Å². The molecule has 2 aromatic carbocycles. The molecule has 1 atom stereocenters. The summed E-state index contributed by atoms with van der Waals surface area (Å²) in [5.74, 6) is 0.0679. The van der Waals surface area contributed by atoms with Crippen LogP contribution < -0.4 is 10.2 Å². The lowest BCUT2D eigenvalue weighted by atomic mass is 9.73. The molecule has 1 aromatic heterocycles. The molecule has 168 valence electrons. The molecule has 1 aliphatic heterocycles. The van der Waals surface area contributed by atoms with Crippen molar-refractivity contribution in [3.8, 4) is 0 Å². The Labute approximate surface area is 194 Å². The van der Waals surface area contributed by atoms with Crippen molar-refractivity contribution in [3.63, 3.8) is 0 Å². The van der Waals surface area contributed by atoms with E-state index in [1.165, 1.54) is 0 Å². The smallest absolute Gasteiger partial charge is 0.232 e. The molecule has 0 spiro atoms. The van der Waals surface area contributed by atoms with Gasteiger partial charge in [0.15, 0.2) is 5.78 Å². The van der Waals surface area contributed by atoms with Gasteiger partial charge in [-0.15, -0.1) is 0 Å². The van der Waals surface area contributed by atoms with Crippen LogP contribution in [0.5, 0.6) is 0 Å². The molecule has 1 amide bonds. The number of allylic oxidation sites excluding steroid dienone is 1. The van der Waals surface area contributed by atoms with E-state index in [1.807, 2.05) is 89.4 Å². The van der Waals surface area contributed by atoms with Crippen LogP contribution in [0, 0.1) is 5.41 Å². The Hall–Kier alpha value is -3.60. The fraction of sp³-hybridized carbons (Fsp3) is 0.286. The van der Waals surface area contributed by atoms with Crippen LogP contribution in [0.2, 0.25) is 0 Å². The van der Waals surface area contributed by atoms with Crippen LogP contribution in [0.15, 0.2) is 84.2 Å². The third-order valence-electron chi connectivity index (χ3n) is 6.63. The maximum Gasteiger partial charge on any atom is 0.232 e. The van der Waals surface area contributed by atoms with Gasteiger partial charge in [-0.25, -0.2) is 0 Å². The average molecular weight is 440 g/mol. The number of amides is 1. The minimum Gasteiger partial charge on any atom is -0.357 e. The first-order chi connectivity index (χ1) is 15.8. The van der Waals surface area contributed by atoms with Gasteiger partial charge < -0.3 is 9.88 Å². The van der Waals surface area contributed by atoms with Crippen LogP contribution in [0.4, 0.5) is 11.4 Å². The van der Waals surface area contributed by atoms with Gasteiger partial charge in [0.1, 0.15) is 6.04 Å². The van der Waals surface area contributed by atoms with Gasteiger partial charge in [-0.05, 0) is 41.7 Å². The molecule has 1 N–H and O–H groups in total. The number of rotatable bonds is 3. The highest BCUT2D eigenvalue weighted by atomic mass is 16.2. The first kappa shape index (κ1) is 21.3. The van der Waals surface area contributed by atoms with E-state index in [2.05, 4.69) is 19.2 Å². The monoisotopic (exact) mass is 439 g/mol. The van der Waals surface area contributed by atoms with Crippen LogP contribution in [0.1, 0.15) is 44.0 Å². The molecule has 0 radical (unpaired) electrons. The van der Waals surface area contributed by atoms with E-state index >= 15 is 0 Å². The zero-order valence-electron chi connectivity index (χ0n) is 19.3. The van der Waals surface area contributed by atoms with Crippen LogP contribution in [0.3, 0.4) is 0 Å². The number of hydrogen-bond donors (Lipinski definition) is 1. The number of carbonyl (C=O) groups is 2. The van der Waals surface area contributed by atoms with E-state index < -0.39 is 6.04 Å². The van der Waals surface area contributed by atoms with Crippen molar-refractivity contribution in [2.24, 2.45) is 12.5 Å². The summed E-state index contributed by atoms with van der Waals surface area (Å²) in [7, 11) is 1.97. The number of Topliss-reactive ketones (excluding diaryl/α,β-unsaturated/α-hetero) is 1. The van der Waals surface area contributed by atoms with Crippen LogP contribution >= 0.6 is 0 Å². The number of nitrogens with one attached hydrogen (secondary N) is 1. The summed E-state index contributed by atoms with van der Waals surface area (Å²) in [6, 6.07) is 21.1. The molecule has 2 heterocycles. The Morgan fingerprint density at radius 2 is 1.73 bits per heavy atom. The summed E-state index contributed by atoms with van der Waals surface area (Å²) in [4.78, 5) is 29.4. The van der Waals surface area contributed by atoms with Crippen molar-refractivity contribution in [1.82, 2.24) is 4.57 Å². The Morgan fingerprint density at radius 1 is 1.00 bits per heavy atom. The van der Waals surface area contributed by atoms with Crippen molar-refractivity contribution in [1.29, 1.82) is 0 Å². The molecule has 5 heteroatoms. The normalized spacial score (nSPS) is 19.4. The van der Waals surface area contributed by atoms with Gasteiger partial charge in [-0.1, -0.05) is 56.3 Å². The van der Waals surface area contributed by atoms with Crippen molar-refractivity contribution in [3.05, 3.63) is 95.5 Å². The number of para-hydroxylation sites is 2. The van der Waals surface area contributed by atoms with Crippen LogP contribution in [-0.4, -0.2) is 16.3 Å². The molecule has 0 fully saturated rings. The van der Waals surface area contributed by atoms with E-state index in [4.69, 9.17) is 0 Å². The Kier molecular flexibility index (Phi) is 5.20. The number of aromatic nitrogens is 1. The molecule has 0 saturated heterocycles. The zero-order chi connectivity index (χ0) is 23.2. The number of hydrogen-bond acceptors (Lipinski definition) is 3. The molecular formula is C28H29N3O2. The lowest BCUT2D eigenvalue weighted by Crippen LogP contribution is -2.41. The van der Waals surface area contributed by atoms with E-state index in [-0.39, 0.29) is 23.5 Å². The number of fused-ring (bicyclic) bond motifs is 1. The predicted molar refractivity (Wildman–Crippen MR) is 131 cm³/mol. The molecule has 2 aliphatic rings. The standard InChI is InChI=1S/C28H29N3O2/c1-28(2)17-21-26(24(32)18-28)27(23-14-9-15-30(23)3)31(22-13-8-7-12-20(22)29-21)25(33)16-19-10-5-4-6-11-19/h4-15,27,29H,16-18H2,1-3H3/t27-/m1/s1. The molecule has 0 saturated carbocycles. The largest absolute Gasteiger partial charge is 0.357 e. The summed E-state index contributed by atoms with van der Waals surface area (Å²) in [5, 5.41) is 3.56. The minimum absolute atomic E-state index is 0.0342.